The monoisotopic (exact) mass is 674 g/mol. The zero-order chi connectivity index (χ0) is 35.1. The predicted molar refractivity (Wildman–Crippen MR) is 225 cm³/mol. The normalized spacial score (nSPS) is 11.4. The van der Waals surface area contributed by atoms with Gasteiger partial charge in [0.25, 0.3) is 0 Å². The van der Waals surface area contributed by atoms with Crippen LogP contribution in [0.15, 0.2) is 207 Å². The van der Waals surface area contributed by atoms with Crippen LogP contribution in [0.4, 0.5) is 17.1 Å². The molecule has 0 aliphatic rings. The molecule has 1 heterocycles. The Hall–Kier alpha value is -7.03. The number of fused-ring (bicyclic) bond motifs is 7. The number of benzene rings is 9. The van der Waals surface area contributed by atoms with Crippen molar-refractivity contribution in [1.29, 1.82) is 0 Å². The van der Waals surface area contributed by atoms with E-state index in [1.165, 1.54) is 76.5 Å². The highest BCUT2D eigenvalue weighted by molar-refractivity contribution is 6.33. The van der Waals surface area contributed by atoms with E-state index in [2.05, 4.69) is 204 Å². The smallest absolute Gasteiger partial charge is 0.0492 e. The molecule has 0 N–H and O–H groups in total. The largest absolute Gasteiger partial charge is 0.310 e. The highest BCUT2D eigenvalue weighted by atomic mass is 15.1. The fourth-order valence-corrected chi connectivity index (χ4v) is 8.13. The van der Waals surface area contributed by atoms with Gasteiger partial charge in [-0.1, -0.05) is 152 Å². The van der Waals surface area contributed by atoms with Gasteiger partial charge in [-0.15, -0.1) is 0 Å². The molecule has 10 aromatic rings. The number of rotatable bonds is 6. The molecular weight excluding hydrogens is 641 g/mol. The molecule has 0 unspecified atom stereocenters. The molecule has 0 fully saturated rings. The second kappa shape index (κ2) is 12.9. The zero-order valence-corrected chi connectivity index (χ0v) is 29.0. The van der Waals surface area contributed by atoms with Crippen LogP contribution in [0.5, 0.6) is 0 Å². The lowest BCUT2D eigenvalue weighted by Gasteiger charge is -2.27. The molecule has 53 heavy (non-hydrogen) atoms. The highest BCUT2D eigenvalue weighted by Crippen LogP contribution is 2.50. The number of pyridine rings is 1. The number of anilines is 3. The summed E-state index contributed by atoms with van der Waals surface area (Å²) in [6.45, 7) is 0. The fourth-order valence-electron chi connectivity index (χ4n) is 8.13. The lowest BCUT2D eigenvalue weighted by molar-refractivity contribution is 1.25. The second-order valence-corrected chi connectivity index (χ2v) is 13.5. The quantitative estimate of drug-likeness (QED) is 0.163. The Morgan fingerprint density at radius 3 is 1.58 bits per heavy atom. The van der Waals surface area contributed by atoms with Crippen LogP contribution >= 0.6 is 0 Å². The van der Waals surface area contributed by atoms with Crippen molar-refractivity contribution in [2.75, 3.05) is 4.90 Å². The van der Waals surface area contributed by atoms with E-state index in [9.17, 15) is 0 Å². The highest BCUT2D eigenvalue weighted by Gasteiger charge is 2.22. The van der Waals surface area contributed by atoms with E-state index >= 15 is 0 Å². The molecule has 0 spiro atoms. The van der Waals surface area contributed by atoms with Gasteiger partial charge in [0.15, 0.2) is 0 Å². The summed E-state index contributed by atoms with van der Waals surface area (Å²) in [5, 5.41) is 9.87. The van der Waals surface area contributed by atoms with Crippen molar-refractivity contribution >= 4 is 60.2 Å². The first kappa shape index (κ1) is 30.8. The lowest BCUT2D eigenvalue weighted by atomic mass is 9.81. The molecule has 0 bridgehead atoms. The van der Waals surface area contributed by atoms with Crippen LogP contribution in [-0.4, -0.2) is 4.98 Å². The minimum absolute atomic E-state index is 1.06. The summed E-state index contributed by atoms with van der Waals surface area (Å²) >= 11 is 0. The van der Waals surface area contributed by atoms with Crippen molar-refractivity contribution in [2.24, 2.45) is 0 Å². The summed E-state index contributed by atoms with van der Waals surface area (Å²) in [6.07, 6.45) is 3.74. The standard InChI is InChI=1S/C51H34N2/c1-4-15-36(16-5-1)46-34-47(37-17-6-2-7-18-37)50-44-23-13-12-22-43(44)48-33-42(26-27-45(48)51(50)49(46)38-19-8-3-9-20-38)53(40-28-30-52-31-29-40)41-25-24-35-14-10-11-21-39(35)32-41/h1-34H. The lowest BCUT2D eigenvalue weighted by Crippen LogP contribution is -2.10. The van der Waals surface area contributed by atoms with Crippen molar-refractivity contribution in [3.63, 3.8) is 0 Å². The Morgan fingerprint density at radius 1 is 0.321 bits per heavy atom. The minimum atomic E-state index is 1.06. The third-order valence-electron chi connectivity index (χ3n) is 10.5. The van der Waals surface area contributed by atoms with Crippen LogP contribution in [0.1, 0.15) is 0 Å². The maximum atomic E-state index is 4.37. The third kappa shape index (κ3) is 5.32. The first-order valence-corrected chi connectivity index (χ1v) is 18.1. The summed E-state index contributed by atoms with van der Waals surface area (Å²) in [6, 6.07) is 70.5. The van der Waals surface area contributed by atoms with E-state index in [4.69, 9.17) is 0 Å². The molecule has 10 rings (SSSR count). The Morgan fingerprint density at radius 2 is 0.868 bits per heavy atom. The molecule has 2 heteroatoms. The van der Waals surface area contributed by atoms with Crippen LogP contribution in [0.25, 0.3) is 76.5 Å². The summed E-state index contributed by atoms with van der Waals surface area (Å²) in [7, 11) is 0. The average Bonchev–Trinajstić information content (AvgIpc) is 3.24. The van der Waals surface area contributed by atoms with Crippen molar-refractivity contribution in [3.8, 4) is 33.4 Å². The Bertz CT molecular complexity index is 2920. The Kier molecular flexibility index (Phi) is 7.51. The Labute approximate surface area is 308 Å². The van der Waals surface area contributed by atoms with Crippen molar-refractivity contribution in [1.82, 2.24) is 4.98 Å². The van der Waals surface area contributed by atoms with Crippen molar-refractivity contribution in [2.45, 2.75) is 0 Å². The number of nitrogens with zero attached hydrogens (tertiary/aromatic N) is 2. The summed E-state index contributed by atoms with van der Waals surface area (Å²) < 4.78 is 0. The van der Waals surface area contributed by atoms with Crippen LogP contribution < -0.4 is 4.90 Å². The van der Waals surface area contributed by atoms with E-state index in [1.54, 1.807) is 0 Å². The maximum Gasteiger partial charge on any atom is 0.0492 e. The van der Waals surface area contributed by atoms with E-state index in [1.807, 2.05) is 12.4 Å². The predicted octanol–water partition coefficient (Wildman–Crippen LogP) is 14.2. The molecular formula is C51H34N2. The van der Waals surface area contributed by atoms with Crippen molar-refractivity contribution < 1.29 is 0 Å². The number of hydrogen-bond acceptors (Lipinski definition) is 2. The van der Waals surface area contributed by atoms with Gasteiger partial charge in [-0.05, 0) is 119 Å². The maximum absolute atomic E-state index is 4.37. The SMILES string of the molecule is c1ccc(-c2cc(-c3ccccc3)c3c4ccccc4c4cc(N(c5ccncc5)c5ccc6ccccc6c5)ccc4c3c2-c2ccccc2)cc1. The molecule has 1 aromatic heterocycles. The molecule has 0 saturated carbocycles. The summed E-state index contributed by atoms with van der Waals surface area (Å²) in [5.74, 6) is 0. The average molecular weight is 675 g/mol. The third-order valence-corrected chi connectivity index (χ3v) is 10.5. The second-order valence-electron chi connectivity index (χ2n) is 13.5. The molecule has 0 aliphatic carbocycles. The Balaban J connectivity index is 1.35. The van der Waals surface area contributed by atoms with E-state index in [-0.39, 0.29) is 0 Å². The van der Waals surface area contributed by atoms with Crippen LogP contribution in [0.2, 0.25) is 0 Å². The van der Waals surface area contributed by atoms with E-state index in [0.29, 0.717) is 0 Å². The van der Waals surface area contributed by atoms with Gasteiger partial charge in [0.05, 0.1) is 0 Å². The van der Waals surface area contributed by atoms with Crippen LogP contribution in [0.3, 0.4) is 0 Å². The molecule has 2 nitrogen and oxygen atoms in total. The molecule has 0 atom stereocenters. The van der Waals surface area contributed by atoms with Gasteiger partial charge in [0.2, 0.25) is 0 Å². The zero-order valence-electron chi connectivity index (χ0n) is 29.0. The number of aromatic nitrogens is 1. The summed E-state index contributed by atoms with van der Waals surface area (Å²) in [5.41, 5.74) is 10.5. The minimum Gasteiger partial charge on any atom is -0.310 e. The molecule has 0 radical (unpaired) electrons. The van der Waals surface area contributed by atoms with Gasteiger partial charge in [0, 0.05) is 29.5 Å². The summed E-state index contributed by atoms with van der Waals surface area (Å²) in [4.78, 5) is 6.72. The van der Waals surface area contributed by atoms with Gasteiger partial charge in [-0.2, -0.15) is 0 Å². The molecule has 248 valence electrons. The van der Waals surface area contributed by atoms with Gasteiger partial charge in [-0.3, -0.25) is 4.98 Å². The first-order chi connectivity index (χ1) is 26.3. The van der Waals surface area contributed by atoms with E-state index < -0.39 is 0 Å². The van der Waals surface area contributed by atoms with E-state index in [0.717, 1.165) is 17.1 Å². The van der Waals surface area contributed by atoms with Crippen molar-refractivity contribution in [3.05, 3.63) is 207 Å². The van der Waals surface area contributed by atoms with Gasteiger partial charge < -0.3 is 4.90 Å². The van der Waals surface area contributed by atoms with Gasteiger partial charge in [0.1, 0.15) is 0 Å². The molecule has 0 amide bonds. The topological polar surface area (TPSA) is 16.1 Å². The van der Waals surface area contributed by atoms with Gasteiger partial charge in [-0.25, -0.2) is 0 Å². The number of hydrogen-bond donors (Lipinski definition) is 0. The van der Waals surface area contributed by atoms with Gasteiger partial charge >= 0.3 is 0 Å². The van der Waals surface area contributed by atoms with Crippen LogP contribution in [-0.2, 0) is 0 Å². The molecule has 0 saturated heterocycles. The fraction of sp³-hybridized carbons (Fsp3) is 0. The molecule has 0 aliphatic heterocycles. The molecule has 9 aromatic carbocycles. The first-order valence-electron chi connectivity index (χ1n) is 18.1. The van der Waals surface area contributed by atoms with Crippen LogP contribution in [0, 0.1) is 0 Å².